The highest BCUT2D eigenvalue weighted by molar-refractivity contribution is 7.85. The van der Waals surface area contributed by atoms with Gasteiger partial charge in [0.05, 0.1) is 11.0 Å². The van der Waals surface area contributed by atoms with E-state index < -0.39 is 16.2 Å². The van der Waals surface area contributed by atoms with Crippen molar-refractivity contribution in [2.24, 2.45) is 0 Å². The first-order valence-electron chi connectivity index (χ1n) is 4.32. The molecule has 1 rings (SSSR count). The van der Waals surface area contributed by atoms with Crippen LogP contribution in [0.1, 0.15) is 18.1 Å². The second-order valence-corrected chi connectivity index (χ2v) is 4.44. The maximum atomic E-state index is 11.0. The molecule has 0 aliphatic heterocycles. The van der Waals surface area contributed by atoms with Gasteiger partial charge in [0, 0.05) is 5.56 Å². The Bertz CT molecular complexity index is 450. The zero-order valence-electron chi connectivity index (χ0n) is 8.00. The maximum absolute atomic E-state index is 11.0. The predicted octanol–water partition coefficient (Wildman–Crippen LogP) is 1.54. The molecule has 0 amide bonds. The van der Waals surface area contributed by atoms with Crippen LogP contribution in [-0.4, -0.2) is 18.1 Å². The van der Waals surface area contributed by atoms with E-state index in [2.05, 4.69) is 6.58 Å². The normalized spacial score (nSPS) is 13.5. The van der Waals surface area contributed by atoms with Crippen molar-refractivity contribution in [1.29, 1.82) is 0 Å². The lowest BCUT2D eigenvalue weighted by atomic mass is 10.1. The van der Waals surface area contributed by atoms with E-state index in [4.69, 9.17) is 4.55 Å². The molecule has 0 aliphatic rings. The molecule has 1 atom stereocenters. The molecule has 1 unspecified atom stereocenters. The van der Waals surface area contributed by atoms with Gasteiger partial charge < -0.3 is 5.11 Å². The van der Waals surface area contributed by atoms with Gasteiger partial charge in [-0.1, -0.05) is 24.3 Å². The first-order chi connectivity index (χ1) is 6.96. The molecule has 0 aromatic heterocycles. The third-order valence-electron chi connectivity index (χ3n) is 1.95. The van der Waals surface area contributed by atoms with E-state index >= 15 is 0 Å². The highest BCUT2D eigenvalue weighted by atomic mass is 32.2. The van der Waals surface area contributed by atoms with Crippen LogP contribution in [0, 0.1) is 0 Å². The minimum atomic E-state index is -4.29. The van der Waals surface area contributed by atoms with Crippen LogP contribution in [0.3, 0.4) is 0 Å². The average molecular weight is 228 g/mol. The summed E-state index contributed by atoms with van der Waals surface area (Å²) in [5.74, 6) is 0. The lowest BCUT2D eigenvalue weighted by molar-refractivity contribution is 0.178. The highest BCUT2D eigenvalue weighted by Crippen LogP contribution is 2.24. The van der Waals surface area contributed by atoms with E-state index in [-0.39, 0.29) is 16.9 Å². The minimum Gasteiger partial charge on any atom is -0.388 e. The van der Waals surface area contributed by atoms with Crippen molar-refractivity contribution >= 4 is 10.1 Å². The zero-order valence-corrected chi connectivity index (χ0v) is 8.81. The summed E-state index contributed by atoms with van der Waals surface area (Å²) in [6.07, 6.45) is 0.735. The summed E-state index contributed by atoms with van der Waals surface area (Å²) in [7, 11) is -4.29. The molecule has 1 aromatic rings. The van der Waals surface area contributed by atoms with Gasteiger partial charge in [-0.15, -0.1) is 6.58 Å². The summed E-state index contributed by atoms with van der Waals surface area (Å²) in [6.45, 7) is 3.45. The second kappa shape index (κ2) is 4.57. The molecule has 0 radical (unpaired) electrons. The standard InChI is InChI=1S/C10H12O4S/c1-2-5-9(11)8-6-3-4-7-10(8)15(12,13)14/h2-4,6-7,9,11H,1,5H2,(H,12,13,14). The van der Waals surface area contributed by atoms with E-state index in [0.717, 1.165) is 0 Å². The highest BCUT2D eigenvalue weighted by Gasteiger charge is 2.18. The van der Waals surface area contributed by atoms with Crippen LogP contribution in [0.5, 0.6) is 0 Å². The van der Waals surface area contributed by atoms with Gasteiger partial charge in [-0.25, -0.2) is 0 Å². The molecule has 15 heavy (non-hydrogen) atoms. The van der Waals surface area contributed by atoms with E-state index in [9.17, 15) is 13.5 Å². The quantitative estimate of drug-likeness (QED) is 0.605. The molecule has 2 N–H and O–H groups in total. The topological polar surface area (TPSA) is 74.6 Å². The summed E-state index contributed by atoms with van der Waals surface area (Å²) in [5, 5.41) is 9.62. The van der Waals surface area contributed by atoms with Crippen LogP contribution in [0.2, 0.25) is 0 Å². The van der Waals surface area contributed by atoms with Crippen molar-refractivity contribution in [2.75, 3.05) is 0 Å². The van der Waals surface area contributed by atoms with Gasteiger partial charge in [-0.3, -0.25) is 4.55 Å². The summed E-state index contributed by atoms with van der Waals surface area (Å²) in [6, 6.07) is 5.78. The van der Waals surface area contributed by atoms with E-state index in [1.54, 1.807) is 6.07 Å². The summed E-state index contributed by atoms with van der Waals surface area (Å²) in [5.41, 5.74) is 0.180. The number of rotatable bonds is 4. The fourth-order valence-corrected chi connectivity index (χ4v) is 2.03. The fraction of sp³-hybridized carbons (Fsp3) is 0.200. The number of hydrogen-bond donors (Lipinski definition) is 2. The minimum absolute atomic E-state index is 0.180. The lowest BCUT2D eigenvalue weighted by Gasteiger charge is -2.11. The lowest BCUT2D eigenvalue weighted by Crippen LogP contribution is -2.06. The molecule has 0 spiro atoms. The van der Waals surface area contributed by atoms with Gasteiger partial charge in [0.25, 0.3) is 10.1 Å². The van der Waals surface area contributed by atoms with E-state index in [1.807, 2.05) is 0 Å². The van der Waals surface area contributed by atoms with Crippen molar-refractivity contribution in [3.63, 3.8) is 0 Å². The Kier molecular flexibility index (Phi) is 3.62. The van der Waals surface area contributed by atoms with Crippen LogP contribution in [0.15, 0.2) is 41.8 Å². The molecule has 5 heteroatoms. The van der Waals surface area contributed by atoms with Crippen molar-refractivity contribution < 1.29 is 18.1 Å². The Labute approximate surface area is 88.6 Å². The van der Waals surface area contributed by atoms with Crippen LogP contribution >= 0.6 is 0 Å². The monoisotopic (exact) mass is 228 g/mol. The SMILES string of the molecule is C=CCC(O)c1ccccc1S(=O)(=O)O. The number of aliphatic hydroxyl groups excluding tert-OH is 1. The van der Waals surface area contributed by atoms with Crippen molar-refractivity contribution in [2.45, 2.75) is 17.4 Å². The van der Waals surface area contributed by atoms with Crippen LogP contribution in [-0.2, 0) is 10.1 Å². The van der Waals surface area contributed by atoms with Crippen molar-refractivity contribution in [3.8, 4) is 0 Å². The maximum Gasteiger partial charge on any atom is 0.294 e. The van der Waals surface area contributed by atoms with Crippen LogP contribution in [0.4, 0.5) is 0 Å². The number of hydrogen-bond acceptors (Lipinski definition) is 3. The van der Waals surface area contributed by atoms with Gasteiger partial charge in [0.2, 0.25) is 0 Å². The summed E-state index contributed by atoms with van der Waals surface area (Å²) in [4.78, 5) is -0.264. The number of benzene rings is 1. The first kappa shape index (κ1) is 11.9. The largest absolute Gasteiger partial charge is 0.388 e. The van der Waals surface area contributed by atoms with Gasteiger partial charge in [0.1, 0.15) is 0 Å². The molecule has 0 aliphatic carbocycles. The third-order valence-corrected chi connectivity index (χ3v) is 2.87. The molecule has 0 saturated heterocycles. The Morgan fingerprint density at radius 1 is 1.40 bits per heavy atom. The number of aliphatic hydroxyl groups is 1. The van der Waals surface area contributed by atoms with Gasteiger partial charge in [0.15, 0.2) is 0 Å². The smallest absolute Gasteiger partial charge is 0.294 e. The summed E-state index contributed by atoms with van der Waals surface area (Å²) < 4.78 is 30.9. The van der Waals surface area contributed by atoms with Gasteiger partial charge in [-0.2, -0.15) is 8.42 Å². The van der Waals surface area contributed by atoms with Gasteiger partial charge in [-0.05, 0) is 12.5 Å². The van der Waals surface area contributed by atoms with Crippen molar-refractivity contribution in [3.05, 3.63) is 42.5 Å². The Hall–Kier alpha value is -1.17. The first-order valence-corrected chi connectivity index (χ1v) is 5.76. The van der Waals surface area contributed by atoms with E-state index in [1.165, 1.54) is 24.3 Å². The molecule has 0 fully saturated rings. The Morgan fingerprint density at radius 2 is 2.00 bits per heavy atom. The molecule has 0 saturated carbocycles. The molecule has 0 heterocycles. The third kappa shape index (κ3) is 2.89. The Morgan fingerprint density at radius 3 is 2.53 bits per heavy atom. The molecule has 1 aromatic carbocycles. The van der Waals surface area contributed by atoms with Gasteiger partial charge >= 0.3 is 0 Å². The predicted molar refractivity (Wildman–Crippen MR) is 56.0 cm³/mol. The van der Waals surface area contributed by atoms with Crippen LogP contribution < -0.4 is 0 Å². The average Bonchev–Trinajstić information content (AvgIpc) is 2.17. The second-order valence-electron chi connectivity index (χ2n) is 3.05. The van der Waals surface area contributed by atoms with Crippen molar-refractivity contribution in [1.82, 2.24) is 0 Å². The molecule has 4 nitrogen and oxygen atoms in total. The molecule has 0 bridgehead atoms. The molecular formula is C10H12O4S. The fourth-order valence-electron chi connectivity index (χ4n) is 1.28. The molecule has 82 valence electrons. The van der Waals surface area contributed by atoms with E-state index in [0.29, 0.717) is 0 Å². The molecular weight excluding hydrogens is 216 g/mol. The Balaban J connectivity index is 3.24. The zero-order chi connectivity index (χ0) is 11.5. The summed E-state index contributed by atoms with van der Waals surface area (Å²) >= 11 is 0. The van der Waals surface area contributed by atoms with Crippen LogP contribution in [0.25, 0.3) is 0 Å².